The zero-order chi connectivity index (χ0) is 27.6. The molecule has 1 aromatic heterocycles. The number of Topliss-reactive ketones (excluding diaryl/α,β-unsaturated/α-hetero) is 1. The summed E-state index contributed by atoms with van der Waals surface area (Å²) in [6.45, 7) is -0.122. The summed E-state index contributed by atoms with van der Waals surface area (Å²) in [5.74, 6) is 0.0826. The van der Waals surface area contributed by atoms with Crippen LogP contribution in [0.25, 0.3) is 0 Å². The highest BCUT2D eigenvalue weighted by Crippen LogP contribution is 2.27. The van der Waals surface area contributed by atoms with Crippen LogP contribution in [0.15, 0.2) is 97.3 Å². The van der Waals surface area contributed by atoms with Gasteiger partial charge in [0.15, 0.2) is 5.82 Å². The molecule has 0 aliphatic rings. The highest BCUT2D eigenvalue weighted by molar-refractivity contribution is 5.99. The average Bonchev–Trinajstić information content (AvgIpc) is 3.41. The lowest BCUT2D eigenvalue weighted by Crippen LogP contribution is -2.51. The first kappa shape index (κ1) is 26.9. The molecule has 0 fully saturated rings. The zero-order valence-electron chi connectivity index (χ0n) is 21.5. The molecule has 39 heavy (non-hydrogen) atoms. The van der Waals surface area contributed by atoms with Crippen LogP contribution in [0.4, 0.5) is 9.59 Å². The maximum Gasteiger partial charge on any atom is 0.430 e. The minimum atomic E-state index is -1.33. The summed E-state index contributed by atoms with van der Waals surface area (Å²) in [5.41, 5.74) is 4.30. The van der Waals surface area contributed by atoms with Crippen LogP contribution in [0, 0.1) is 0 Å². The van der Waals surface area contributed by atoms with Crippen molar-refractivity contribution in [3.8, 4) is 5.75 Å². The van der Waals surface area contributed by atoms with Crippen molar-refractivity contribution in [2.24, 2.45) is 7.05 Å². The fraction of sp³-hybridized carbons (Fsp3) is 0.172. The lowest BCUT2D eigenvalue weighted by molar-refractivity contribution is 0.0413. The van der Waals surface area contributed by atoms with Gasteiger partial charge in [-0.1, -0.05) is 72.8 Å². The monoisotopic (exact) mass is 528 g/mol. The van der Waals surface area contributed by atoms with Crippen LogP contribution in [0.1, 0.15) is 33.4 Å². The Hall–Kier alpha value is -5.12. The first-order chi connectivity index (χ1) is 19.0. The number of imidazole rings is 1. The fourth-order valence-electron chi connectivity index (χ4n) is 3.79. The van der Waals surface area contributed by atoms with Crippen LogP contribution in [-0.2, 0) is 29.7 Å². The molecule has 0 aliphatic heterocycles. The van der Waals surface area contributed by atoms with Gasteiger partial charge in [0.1, 0.15) is 25.0 Å². The van der Waals surface area contributed by atoms with E-state index in [1.165, 1.54) is 17.9 Å². The Balaban J connectivity index is 1.65. The molecule has 0 saturated heterocycles. The van der Waals surface area contributed by atoms with Crippen molar-refractivity contribution in [3.05, 3.63) is 120 Å². The van der Waals surface area contributed by atoms with Crippen LogP contribution in [0.2, 0.25) is 0 Å². The Bertz CT molecular complexity index is 1390. The number of rotatable bonds is 9. The van der Waals surface area contributed by atoms with Crippen LogP contribution < -0.4 is 10.2 Å². The molecule has 4 aromatic rings. The molecule has 2 amide bonds. The van der Waals surface area contributed by atoms with E-state index in [-0.39, 0.29) is 19.0 Å². The molecule has 0 spiro atoms. The number of nitrogens with one attached hydrogen (secondary N) is 1. The van der Waals surface area contributed by atoms with Gasteiger partial charge in [0.05, 0.1) is 7.11 Å². The molecular formula is C29H28N4O6. The second-order valence-electron chi connectivity index (χ2n) is 8.49. The second-order valence-corrected chi connectivity index (χ2v) is 8.49. The lowest BCUT2D eigenvalue weighted by Gasteiger charge is -2.30. The highest BCUT2D eigenvalue weighted by atomic mass is 16.6. The normalized spacial score (nSPS) is 11.2. The molecule has 3 aromatic carbocycles. The largest absolute Gasteiger partial charge is 0.497 e. The van der Waals surface area contributed by atoms with Crippen LogP contribution in [-0.4, -0.2) is 39.6 Å². The summed E-state index contributed by atoms with van der Waals surface area (Å²) in [5, 5.41) is 0.828. The molecule has 4 rings (SSSR count). The van der Waals surface area contributed by atoms with Crippen molar-refractivity contribution >= 4 is 18.0 Å². The van der Waals surface area contributed by atoms with E-state index in [0.717, 1.165) is 16.1 Å². The summed E-state index contributed by atoms with van der Waals surface area (Å²) in [6.07, 6.45) is 1.18. The van der Waals surface area contributed by atoms with Crippen molar-refractivity contribution in [2.45, 2.75) is 19.3 Å². The van der Waals surface area contributed by atoms with Gasteiger partial charge in [-0.3, -0.25) is 4.79 Å². The fourth-order valence-corrected chi connectivity index (χ4v) is 3.79. The van der Waals surface area contributed by atoms with Crippen LogP contribution >= 0.6 is 0 Å². The first-order valence-corrected chi connectivity index (χ1v) is 12.1. The topological polar surface area (TPSA) is 112 Å². The van der Waals surface area contributed by atoms with Crippen molar-refractivity contribution < 1.29 is 28.6 Å². The Morgan fingerprint density at radius 2 is 1.46 bits per heavy atom. The van der Waals surface area contributed by atoms with E-state index < -0.39 is 24.0 Å². The van der Waals surface area contributed by atoms with Gasteiger partial charge in [0.25, 0.3) is 0 Å². The number of carbonyl (C=O) groups excluding carboxylic acids is 3. The van der Waals surface area contributed by atoms with E-state index in [4.69, 9.17) is 14.2 Å². The summed E-state index contributed by atoms with van der Waals surface area (Å²) in [4.78, 5) is 44.3. The van der Waals surface area contributed by atoms with Crippen LogP contribution in [0.3, 0.4) is 0 Å². The maximum absolute atomic E-state index is 13.8. The summed E-state index contributed by atoms with van der Waals surface area (Å²) >= 11 is 0. The average molecular weight is 529 g/mol. The number of ether oxygens (including phenoxy) is 3. The van der Waals surface area contributed by atoms with Gasteiger partial charge in [0, 0.05) is 19.4 Å². The number of amides is 2. The van der Waals surface area contributed by atoms with Gasteiger partial charge in [-0.25, -0.2) is 25.0 Å². The molecule has 0 unspecified atom stereocenters. The standard InChI is InChI=1S/C29H28N4O6/c1-32-18-17-30-27(32)26(34)25(23-13-15-24(37-2)16-14-23)33(29(36)39-20-22-11-7-4-8-12-22)31-28(35)38-19-21-9-5-3-6-10-21/h3-18,25H,19-20H2,1-2H3,(H,31,35)/t25-/m1/s1. The Morgan fingerprint density at radius 3 is 2.00 bits per heavy atom. The number of carbonyl (C=O) groups is 3. The molecule has 1 atom stereocenters. The quantitative estimate of drug-likeness (QED) is 0.245. The van der Waals surface area contributed by atoms with Gasteiger partial charge in [0.2, 0.25) is 5.78 Å². The minimum Gasteiger partial charge on any atom is -0.497 e. The predicted molar refractivity (Wildman–Crippen MR) is 142 cm³/mol. The molecule has 0 aliphatic carbocycles. The number of ketones is 1. The number of hydrogen-bond donors (Lipinski definition) is 1. The van der Waals surface area contributed by atoms with Gasteiger partial charge in [-0.2, -0.15) is 0 Å². The van der Waals surface area contributed by atoms with Crippen molar-refractivity contribution in [1.82, 2.24) is 20.0 Å². The highest BCUT2D eigenvalue weighted by Gasteiger charge is 2.37. The molecule has 10 heteroatoms. The molecule has 0 radical (unpaired) electrons. The summed E-state index contributed by atoms with van der Waals surface area (Å²) < 4.78 is 17.6. The van der Waals surface area contributed by atoms with Gasteiger partial charge >= 0.3 is 12.2 Å². The third-order valence-electron chi connectivity index (χ3n) is 5.81. The molecule has 1 heterocycles. The van der Waals surface area contributed by atoms with E-state index >= 15 is 0 Å². The molecule has 200 valence electrons. The number of hydrazine groups is 1. The van der Waals surface area contributed by atoms with E-state index in [1.807, 2.05) is 36.4 Å². The second kappa shape index (κ2) is 12.9. The number of nitrogens with zero attached hydrogens (tertiary/aromatic N) is 3. The molecule has 1 N–H and O–H groups in total. The van der Waals surface area contributed by atoms with Crippen molar-refractivity contribution in [1.29, 1.82) is 0 Å². The van der Waals surface area contributed by atoms with Gasteiger partial charge in [-0.15, -0.1) is 0 Å². The number of aromatic nitrogens is 2. The van der Waals surface area contributed by atoms with Gasteiger partial charge < -0.3 is 18.8 Å². The summed E-state index contributed by atoms with van der Waals surface area (Å²) in [7, 11) is 3.17. The predicted octanol–water partition coefficient (Wildman–Crippen LogP) is 4.83. The Kier molecular flexibility index (Phi) is 8.91. The smallest absolute Gasteiger partial charge is 0.430 e. The molecule has 0 bridgehead atoms. The van der Waals surface area contributed by atoms with E-state index in [1.54, 1.807) is 61.8 Å². The molecule has 10 nitrogen and oxygen atoms in total. The zero-order valence-corrected chi connectivity index (χ0v) is 21.5. The third kappa shape index (κ3) is 7.01. The van der Waals surface area contributed by atoms with E-state index in [0.29, 0.717) is 11.3 Å². The van der Waals surface area contributed by atoms with E-state index in [9.17, 15) is 14.4 Å². The Morgan fingerprint density at radius 1 is 0.872 bits per heavy atom. The number of aryl methyl sites for hydroxylation is 1. The third-order valence-corrected chi connectivity index (χ3v) is 5.81. The van der Waals surface area contributed by atoms with Gasteiger partial charge in [-0.05, 0) is 28.8 Å². The lowest BCUT2D eigenvalue weighted by atomic mass is 10.0. The SMILES string of the molecule is COc1ccc([C@H](C(=O)c2nccn2C)N(NC(=O)OCc2ccccc2)C(=O)OCc2ccccc2)cc1. The Labute approximate surface area is 225 Å². The molecule has 0 saturated carbocycles. The van der Waals surface area contributed by atoms with Crippen molar-refractivity contribution in [3.63, 3.8) is 0 Å². The van der Waals surface area contributed by atoms with E-state index in [2.05, 4.69) is 10.4 Å². The number of benzene rings is 3. The van der Waals surface area contributed by atoms with Crippen molar-refractivity contribution in [2.75, 3.05) is 7.11 Å². The maximum atomic E-state index is 13.8. The first-order valence-electron chi connectivity index (χ1n) is 12.1. The minimum absolute atomic E-state index is 0.0416. The molecular weight excluding hydrogens is 500 g/mol. The summed E-state index contributed by atoms with van der Waals surface area (Å²) in [6, 6.07) is 23.3. The number of methoxy groups -OCH3 is 1. The number of hydrogen-bond acceptors (Lipinski definition) is 7. The van der Waals surface area contributed by atoms with Crippen LogP contribution in [0.5, 0.6) is 5.75 Å².